The lowest BCUT2D eigenvalue weighted by atomic mass is 10.2. The predicted octanol–water partition coefficient (Wildman–Crippen LogP) is 1.39. The number of nitrogens with zero attached hydrogens (tertiary/aromatic N) is 2. The average Bonchev–Trinajstić information content (AvgIpc) is 2.80. The van der Waals surface area contributed by atoms with Crippen molar-refractivity contribution in [3.63, 3.8) is 0 Å². The molecule has 1 aromatic heterocycles. The van der Waals surface area contributed by atoms with Crippen LogP contribution in [-0.2, 0) is 10.0 Å². The molecule has 1 heterocycles. The fraction of sp³-hybridized carbons (Fsp3) is 0.0909. The van der Waals surface area contributed by atoms with Crippen LogP contribution in [0.5, 0.6) is 0 Å². The molecule has 7 heteroatoms. The van der Waals surface area contributed by atoms with Gasteiger partial charge in [0.15, 0.2) is 0 Å². The van der Waals surface area contributed by atoms with Gasteiger partial charge in [-0.3, -0.25) is 9.82 Å². The third-order valence-corrected chi connectivity index (χ3v) is 3.86. The number of benzene rings is 1. The number of sulfonamides is 1. The summed E-state index contributed by atoms with van der Waals surface area (Å²) in [7, 11) is -3.67. The molecule has 1 aromatic carbocycles. The van der Waals surface area contributed by atoms with Crippen LogP contribution in [0.25, 0.3) is 0 Å². The van der Waals surface area contributed by atoms with Gasteiger partial charge in [-0.1, -0.05) is 0 Å². The van der Waals surface area contributed by atoms with E-state index in [1.165, 1.54) is 30.5 Å². The summed E-state index contributed by atoms with van der Waals surface area (Å²) in [6.45, 7) is 1.64. The third kappa shape index (κ3) is 2.33. The molecular weight excluding hydrogens is 252 g/mol. The number of rotatable bonds is 3. The molecule has 0 aliphatic heterocycles. The number of aryl methyl sites for hydroxylation is 1. The number of anilines is 1. The first-order chi connectivity index (χ1) is 8.53. The van der Waals surface area contributed by atoms with E-state index in [4.69, 9.17) is 5.26 Å². The van der Waals surface area contributed by atoms with Crippen molar-refractivity contribution >= 4 is 15.8 Å². The Labute approximate surface area is 104 Å². The highest BCUT2D eigenvalue weighted by Gasteiger charge is 2.17. The second kappa shape index (κ2) is 4.50. The van der Waals surface area contributed by atoms with Gasteiger partial charge in [-0.25, -0.2) is 8.42 Å². The number of nitrogens with one attached hydrogen (secondary N) is 2. The Kier molecular flexibility index (Phi) is 3.04. The molecule has 2 aromatic rings. The fourth-order valence-corrected chi connectivity index (χ4v) is 2.78. The molecule has 6 nitrogen and oxygen atoms in total. The van der Waals surface area contributed by atoms with Gasteiger partial charge in [0.1, 0.15) is 5.82 Å². The normalized spacial score (nSPS) is 10.9. The highest BCUT2D eigenvalue weighted by atomic mass is 32.2. The van der Waals surface area contributed by atoms with Crippen LogP contribution < -0.4 is 4.72 Å². The van der Waals surface area contributed by atoms with E-state index in [1.807, 2.05) is 6.07 Å². The molecule has 0 fully saturated rings. The van der Waals surface area contributed by atoms with Crippen LogP contribution in [0.4, 0.5) is 5.82 Å². The van der Waals surface area contributed by atoms with Crippen LogP contribution in [0.2, 0.25) is 0 Å². The average molecular weight is 262 g/mol. The summed E-state index contributed by atoms with van der Waals surface area (Å²) >= 11 is 0. The van der Waals surface area contributed by atoms with Crippen molar-refractivity contribution in [2.75, 3.05) is 4.72 Å². The van der Waals surface area contributed by atoms with Gasteiger partial charge < -0.3 is 0 Å². The van der Waals surface area contributed by atoms with Crippen molar-refractivity contribution < 1.29 is 8.42 Å². The molecule has 0 aliphatic carbocycles. The summed E-state index contributed by atoms with van der Waals surface area (Å²) < 4.78 is 26.5. The molecule has 0 radical (unpaired) electrons. The first kappa shape index (κ1) is 12.1. The lowest BCUT2D eigenvalue weighted by Gasteiger charge is -2.08. The van der Waals surface area contributed by atoms with Gasteiger partial charge in [0.25, 0.3) is 10.0 Å². The minimum Gasteiger partial charge on any atom is -0.264 e. The molecule has 0 bridgehead atoms. The van der Waals surface area contributed by atoms with Crippen LogP contribution in [0.15, 0.2) is 35.4 Å². The lowest BCUT2D eigenvalue weighted by molar-refractivity contribution is 0.600. The van der Waals surface area contributed by atoms with Crippen molar-refractivity contribution in [1.29, 1.82) is 5.26 Å². The van der Waals surface area contributed by atoms with E-state index in [-0.39, 0.29) is 4.90 Å². The van der Waals surface area contributed by atoms with Crippen LogP contribution >= 0.6 is 0 Å². The largest absolute Gasteiger partial charge is 0.264 e. The van der Waals surface area contributed by atoms with Crippen LogP contribution in [0, 0.1) is 18.3 Å². The number of hydrogen-bond acceptors (Lipinski definition) is 4. The second-order valence-corrected chi connectivity index (χ2v) is 5.32. The van der Waals surface area contributed by atoms with Gasteiger partial charge in [-0.2, -0.15) is 10.4 Å². The third-order valence-electron chi connectivity index (χ3n) is 2.34. The fourth-order valence-electron chi connectivity index (χ4n) is 1.53. The molecule has 92 valence electrons. The number of hydrogen-bond donors (Lipinski definition) is 2. The SMILES string of the molecule is Cc1cc(C#N)ccc1S(=O)(=O)Nc1ccn[nH]1. The van der Waals surface area contributed by atoms with Crippen molar-refractivity contribution in [3.8, 4) is 6.07 Å². The molecule has 0 aliphatic rings. The Hall–Kier alpha value is -2.33. The van der Waals surface area contributed by atoms with Crippen LogP contribution in [0.3, 0.4) is 0 Å². The highest BCUT2D eigenvalue weighted by molar-refractivity contribution is 7.92. The Bertz CT molecular complexity index is 699. The lowest BCUT2D eigenvalue weighted by Crippen LogP contribution is -2.14. The Morgan fingerprint density at radius 2 is 2.17 bits per heavy atom. The maximum Gasteiger partial charge on any atom is 0.263 e. The molecule has 2 N–H and O–H groups in total. The van der Waals surface area contributed by atoms with Crippen molar-refractivity contribution in [3.05, 3.63) is 41.6 Å². The highest BCUT2D eigenvalue weighted by Crippen LogP contribution is 2.19. The quantitative estimate of drug-likeness (QED) is 0.873. The van der Waals surface area contributed by atoms with Gasteiger partial charge in [-0.05, 0) is 30.7 Å². The van der Waals surface area contributed by atoms with Gasteiger partial charge in [0.2, 0.25) is 0 Å². The molecule has 0 amide bonds. The van der Waals surface area contributed by atoms with Gasteiger partial charge in [-0.15, -0.1) is 0 Å². The molecule has 0 saturated heterocycles. The second-order valence-electron chi connectivity index (χ2n) is 3.67. The molecule has 2 rings (SSSR count). The van der Waals surface area contributed by atoms with Crippen LogP contribution in [0.1, 0.15) is 11.1 Å². The van der Waals surface area contributed by atoms with E-state index < -0.39 is 10.0 Å². The zero-order valence-electron chi connectivity index (χ0n) is 9.51. The maximum absolute atomic E-state index is 12.1. The summed E-state index contributed by atoms with van der Waals surface area (Å²) in [5, 5.41) is 14.9. The summed E-state index contributed by atoms with van der Waals surface area (Å²) in [6, 6.07) is 7.88. The van der Waals surface area contributed by atoms with E-state index in [9.17, 15) is 8.42 Å². The molecule has 18 heavy (non-hydrogen) atoms. The first-order valence-electron chi connectivity index (χ1n) is 5.06. The zero-order valence-corrected chi connectivity index (χ0v) is 10.3. The van der Waals surface area contributed by atoms with E-state index in [1.54, 1.807) is 6.92 Å². The summed E-state index contributed by atoms with van der Waals surface area (Å²) in [4.78, 5) is 0.135. The Balaban J connectivity index is 2.39. The van der Waals surface area contributed by atoms with E-state index >= 15 is 0 Å². The minimum absolute atomic E-state index is 0.135. The molecule has 0 spiro atoms. The van der Waals surface area contributed by atoms with Crippen molar-refractivity contribution in [2.24, 2.45) is 0 Å². The number of nitriles is 1. The molecular formula is C11H10N4O2S. The van der Waals surface area contributed by atoms with E-state index in [2.05, 4.69) is 14.9 Å². The van der Waals surface area contributed by atoms with E-state index in [0.29, 0.717) is 16.9 Å². The van der Waals surface area contributed by atoms with Gasteiger partial charge in [0.05, 0.1) is 22.7 Å². The number of aromatic nitrogens is 2. The molecule has 0 unspecified atom stereocenters. The monoisotopic (exact) mass is 262 g/mol. The predicted molar refractivity (Wildman–Crippen MR) is 65.3 cm³/mol. The molecule has 0 atom stereocenters. The number of H-pyrrole nitrogens is 1. The Morgan fingerprint density at radius 3 is 2.72 bits per heavy atom. The molecule has 0 saturated carbocycles. The standard InChI is InChI=1S/C11H10N4O2S/c1-8-6-9(7-12)2-3-10(8)18(16,17)15-11-4-5-13-14-11/h2-6H,1H3,(H2,13,14,15). The van der Waals surface area contributed by atoms with Gasteiger partial charge in [0, 0.05) is 6.07 Å². The van der Waals surface area contributed by atoms with Crippen molar-refractivity contribution in [2.45, 2.75) is 11.8 Å². The smallest absolute Gasteiger partial charge is 0.263 e. The van der Waals surface area contributed by atoms with Crippen LogP contribution in [-0.4, -0.2) is 18.6 Å². The van der Waals surface area contributed by atoms with Gasteiger partial charge >= 0.3 is 0 Å². The topological polar surface area (TPSA) is 98.6 Å². The Morgan fingerprint density at radius 1 is 1.39 bits per heavy atom. The number of aromatic amines is 1. The zero-order chi connectivity index (χ0) is 13.2. The van der Waals surface area contributed by atoms with Crippen molar-refractivity contribution in [1.82, 2.24) is 10.2 Å². The summed E-state index contributed by atoms with van der Waals surface area (Å²) in [6.07, 6.45) is 1.45. The minimum atomic E-state index is -3.67. The summed E-state index contributed by atoms with van der Waals surface area (Å²) in [5.41, 5.74) is 0.939. The first-order valence-corrected chi connectivity index (χ1v) is 6.54. The summed E-state index contributed by atoms with van der Waals surface area (Å²) in [5.74, 6) is 0.291. The van der Waals surface area contributed by atoms with E-state index in [0.717, 1.165) is 0 Å². The maximum atomic E-state index is 12.1.